The summed E-state index contributed by atoms with van der Waals surface area (Å²) in [6, 6.07) is 7.88. The number of aromatic nitrogens is 3. The molecule has 2 N–H and O–H groups in total. The Morgan fingerprint density at radius 3 is 2.63 bits per heavy atom. The molecule has 2 heterocycles. The summed E-state index contributed by atoms with van der Waals surface area (Å²) in [5.74, 6) is 0.315. The Morgan fingerprint density at radius 1 is 1.21 bits per heavy atom. The molecule has 19 heavy (non-hydrogen) atoms. The van der Waals surface area contributed by atoms with Gasteiger partial charge in [-0.15, -0.1) is 0 Å². The number of pyridine rings is 1. The maximum absolute atomic E-state index is 12.6. The fourth-order valence-electron chi connectivity index (χ4n) is 2.66. The topological polar surface area (TPSA) is 65.8 Å². The van der Waals surface area contributed by atoms with Gasteiger partial charge in [-0.3, -0.25) is 9.48 Å². The molecule has 3 aromatic rings. The molecule has 0 saturated carbocycles. The number of nitrogens with zero attached hydrogens (tertiary/aromatic N) is 3. The fourth-order valence-corrected chi connectivity index (χ4v) is 2.66. The Bertz CT molecular complexity index is 829. The van der Waals surface area contributed by atoms with E-state index < -0.39 is 0 Å². The number of anilines is 1. The number of para-hydroxylation sites is 1. The second-order valence-electron chi connectivity index (χ2n) is 4.49. The summed E-state index contributed by atoms with van der Waals surface area (Å²) in [7, 11) is 0. The monoisotopic (exact) mass is 256 g/mol. The van der Waals surface area contributed by atoms with Crippen LogP contribution in [-0.2, 0) is 13.1 Å². The van der Waals surface area contributed by atoms with E-state index in [2.05, 4.69) is 5.10 Å². The first-order valence-electron chi connectivity index (χ1n) is 6.46. The van der Waals surface area contributed by atoms with Gasteiger partial charge in [0.15, 0.2) is 5.82 Å². The van der Waals surface area contributed by atoms with Gasteiger partial charge >= 0.3 is 0 Å². The fraction of sp³-hybridized carbons (Fsp3) is 0.286. The third-order valence-corrected chi connectivity index (χ3v) is 3.50. The van der Waals surface area contributed by atoms with E-state index >= 15 is 0 Å². The number of nitrogens with two attached hydrogens (primary N) is 1. The van der Waals surface area contributed by atoms with Crippen molar-refractivity contribution in [2.45, 2.75) is 26.9 Å². The first kappa shape index (κ1) is 11.8. The molecule has 0 fully saturated rings. The van der Waals surface area contributed by atoms with E-state index in [1.165, 1.54) is 0 Å². The van der Waals surface area contributed by atoms with Crippen LogP contribution in [0.2, 0.25) is 0 Å². The highest BCUT2D eigenvalue weighted by Gasteiger charge is 2.17. The van der Waals surface area contributed by atoms with Crippen molar-refractivity contribution >= 4 is 27.6 Å². The van der Waals surface area contributed by atoms with Gasteiger partial charge in [0.1, 0.15) is 5.39 Å². The number of benzene rings is 1. The Balaban J connectivity index is 2.69. The highest BCUT2D eigenvalue weighted by molar-refractivity contribution is 6.07. The van der Waals surface area contributed by atoms with E-state index in [4.69, 9.17) is 5.73 Å². The lowest BCUT2D eigenvalue weighted by molar-refractivity contribution is 0.688. The Morgan fingerprint density at radius 2 is 1.95 bits per heavy atom. The van der Waals surface area contributed by atoms with Gasteiger partial charge < -0.3 is 10.3 Å². The summed E-state index contributed by atoms with van der Waals surface area (Å²) >= 11 is 0. The number of aryl methyl sites for hydroxylation is 2. The zero-order valence-electron chi connectivity index (χ0n) is 11.1. The van der Waals surface area contributed by atoms with Gasteiger partial charge in [0.2, 0.25) is 0 Å². The number of rotatable bonds is 2. The largest absolute Gasteiger partial charge is 0.382 e. The molecule has 0 aliphatic heterocycles. The van der Waals surface area contributed by atoms with Crippen LogP contribution < -0.4 is 11.3 Å². The van der Waals surface area contributed by atoms with E-state index in [-0.39, 0.29) is 5.56 Å². The molecule has 3 rings (SSSR count). The summed E-state index contributed by atoms with van der Waals surface area (Å²) in [5.41, 5.74) is 7.63. The molecule has 0 atom stereocenters. The van der Waals surface area contributed by atoms with Gasteiger partial charge in [-0.25, -0.2) is 0 Å². The number of hydrogen-bond acceptors (Lipinski definition) is 3. The van der Waals surface area contributed by atoms with Crippen LogP contribution in [0, 0.1) is 0 Å². The molecule has 1 aromatic carbocycles. The highest BCUT2D eigenvalue weighted by Crippen LogP contribution is 2.26. The van der Waals surface area contributed by atoms with E-state index in [1.54, 1.807) is 9.25 Å². The van der Waals surface area contributed by atoms with Crippen LogP contribution >= 0.6 is 0 Å². The summed E-state index contributed by atoms with van der Waals surface area (Å²) in [4.78, 5) is 12.6. The second kappa shape index (κ2) is 4.12. The maximum atomic E-state index is 12.6. The van der Waals surface area contributed by atoms with Crippen molar-refractivity contribution in [3.8, 4) is 0 Å². The second-order valence-corrected chi connectivity index (χ2v) is 4.49. The Hall–Kier alpha value is -2.30. The zero-order valence-corrected chi connectivity index (χ0v) is 11.1. The minimum Gasteiger partial charge on any atom is -0.382 e. The summed E-state index contributed by atoms with van der Waals surface area (Å²) in [6.07, 6.45) is 0. The van der Waals surface area contributed by atoms with Crippen molar-refractivity contribution in [1.29, 1.82) is 0 Å². The van der Waals surface area contributed by atoms with E-state index in [0.717, 1.165) is 16.4 Å². The summed E-state index contributed by atoms with van der Waals surface area (Å²) in [6.45, 7) is 5.26. The normalized spacial score (nSPS) is 11.5. The van der Waals surface area contributed by atoms with Crippen molar-refractivity contribution < 1.29 is 0 Å². The quantitative estimate of drug-likeness (QED) is 0.762. The molecule has 2 aromatic heterocycles. The predicted octanol–water partition coefficient (Wildman–Crippen LogP) is 1.97. The van der Waals surface area contributed by atoms with Crippen molar-refractivity contribution in [2.75, 3.05) is 5.73 Å². The number of hydrogen-bond donors (Lipinski definition) is 1. The number of fused-ring (bicyclic) bond motifs is 3. The summed E-state index contributed by atoms with van der Waals surface area (Å²) in [5, 5.41) is 5.82. The molecule has 0 aliphatic rings. The van der Waals surface area contributed by atoms with Gasteiger partial charge in [0.25, 0.3) is 5.56 Å². The standard InChI is InChI=1S/C14H16N4O/c1-3-17-10-8-6-5-7-9(10)12-11(14(17)19)13(15)16-18(12)4-2/h5-8H,3-4H2,1-2H3,(H2,15,16). The van der Waals surface area contributed by atoms with Gasteiger partial charge in [-0.2, -0.15) is 5.10 Å². The Kier molecular flexibility index (Phi) is 2.55. The molecule has 5 heteroatoms. The average Bonchev–Trinajstić information content (AvgIpc) is 2.77. The Labute approximate surface area is 110 Å². The van der Waals surface area contributed by atoms with Crippen LogP contribution in [0.3, 0.4) is 0 Å². The molecule has 0 amide bonds. The van der Waals surface area contributed by atoms with Crippen LogP contribution in [0.4, 0.5) is 5.82 Å². The molecular weight excluding hydrogens is 240 g/mol. The molecule has 0 unspecified atom stereocenters. The van der Waals surface area contributed by atoms with Crippen LogP contribution in [0.15, 0.2) is 29.1 Å². The summed E-state index contributed by atoms with van der Waals surface area (Å²) < 4.78 is 3.55. The van der Waals surface area contributed by atoms with Crippen molar-refractivity contribution in [2.24, 2.45) is 0 Å². The van der Waals surface area contributed by atoms with Crippen molar-refractivity contribution in [3.05, 3.63) is 34.6 Å². The van der Waals surface area contributed by atoms with Crippen molar-refractivity contribution in [1.82, 2.24) is 14.3 Å². The van der Waals surface area contributed by atoms with Crippen LogP contribution in [0.5, 0.6) is 0 Å². The van der Waals surface area contributed by atoms with Crippen LogP contribution in [-0.4, -0.2) is 14.3 Å². The van der Waals surface area contributed by atoms with E-state index in [0.29, 0.717) is 24.3 Å². The average molecular weight is 256 g/mol. The molecular formula is C14H16N4O. The molecule has 0 spiro atoms. The minimum absolute atomic E-state index is 0.0617. The zero-order chi connectivity index (χ0) is 13.6. The first-order chi connectivity index (χ1) is 9.19. The lowest BCUT2D eigenvalue weighted by Crippen LogP contribution is -2.20. The van der Waals surface area contributed by atoms with Crippen LogP contribution in [0.25, 0.3) is 21.8 Å². The van der Waals surface area contributed by atoms with E-state index in [9.17, 15) is 4.79 Å². The van der Waals surface area contributed by atoms with Gasteiger partial charge in [-0.05, 0) is 19.9 Å². The number of nitrogen functional groups attached to an aromatic ring is 1. The molecule has 0 radical (unpaired) electrons. The van der Waals surface area contributed by atoms with Gasteiger partial charge in [0.05, 0.1) is 11.0 Å². The smallest absolute Gasteiger partial charge is 0.264 e. The molecule has 0 aliphatic carbocycles. The lowest BCUT2D eigenvalue weighted by atomic mass is 10.1. The SMILES string of the molecule is CCn1nc(N)c2c(=O)n(CC)c3ccccc3c21. The third-order valence-electron chi connectivity index (χ3n) is 3.50. The predicted molar refractivity (Wildman–Crippen MR) is 77.3 cm³/mol. The van der Waals surface area contributed by atoms with Gasteiger partial charge in [0, 0.05) is 18.5 Å². The highest BCUT2D eigenvalue weighted by atomic mass is 16.1. The van der Waals surface area contributed by atoms with Crippen LogP contribution in [0.1, 0.15) is 13.8 Å². The maximum Gasteiger partial charge on any atom is 0.264 e. The molecule has 5 nitrogen and oxygen atoms in total. The van der Waals surface area contributed by atoms with E-state index in [1.807, 2.05) is 38.1 Å². The van der Waals surface area contributed by atoms with Crippen molar-refractivity contribution in [3.63, 3.8) is 0 Å². The molecule has 0 bridgehead atoms. The molecule has 98 valence electrons. The minimum atomic E-state index is -0.0617. The van der Waals surface area contributed by atoms with Gasteiger partial charge in [-0.1, -0.05) is 18.2 Å². The molecule has 0 saturated heterocycles. The lowest BCUT2D eigenvalue weighted by Gasteiger charge is -2.10. The third kappa shape index (κ3) is 1.47. The first-order valence-corrected chi connectivity index (χ1v) is 6.46.